The molecular weight excluding hydrogens is 199 g/mol. The van der Waals surface area contributed by atoms with Crippen LogP contribution in [0.5, 0.6) is 0 Å². The van der Waals surface area contributed by atoms with Crippen LogP contribution in [0.3, 0.4) is 0 Å². The quantitative estimate of drug-likeness (QED) is 0.496. The number of hydrogen-bond acceptors (Lipinski definition) is 0. The predicted octanol–water partition coefficient (Wildman–Crippen LogP) is 6.34. The van der Waals surface area contributed by atoms with Crippen molar-refractivity contribution >= 4 is 0 Å². The van der Waals surface area contributed by atoms with E-state index in [9.17, 15) is 4.39 Å². The van der Waals surface area contributed by atoms with Gasteiger partial charge in [0.25, 0.3) is 0 Å². The summed E-state index contributed by atoms with van der Waals surface area (Å²) >= 11 is 0. The van der Waals surface area contributed by atoms with E-state index in [2.05, 4.69) is 20.4 Å². The van der Waals surface area contributed by atoms with Gasteiger partial charge >= 0.3 is 0 Å². The lowest BCUT2D eigenvalue weighted by molar-refractivity contribution is 0.469. The van der Waals surface area contributed by atoms with Crippen LogP contribution in [-0.4, -0.2) is 6.67 Å². The molecule has 0 aliphatic carbocycles. The molecule has 0 atom stereocenters. The topological polar surface area (TPSA) is 0 Å². The third kappa shape index (κ3) is 50.3. The first-order chi connectivity index (χ1) is 7.72. The van der Waals surface area contributed by atoms with Gasteiger partial charge in [-0.3, -0.25) is 4.39 Å². The van der Waals surface area contributed by atoms with Gasteiger partial charge < -0.3 is 0 Å². The third-order valence-electron chi connectivity index (χ3n) is 1.45. The zero-order valence-corrected chi connectivity index (χ0v) is 12.6. The summed E-state index contributed by atoms with van der Waals surface area (Å²) in [6.07, 6.45) is 6.67. The molecule has 0 aliphatic heterocycles. The molecule has 0 saturated carbocycles. The molecule has 0 nitrogen and oxygen atoms in total. The smallest absolute Gasteiger partial charge is 0.0894 e. The van der Waals surface area contributed by atoms with Gasteiger partial charge in [0.1, 0.15) is 0 Å². The summed E-state index contributed by atoms with van der Waals surface area (Å²) in [7, 11) is 0. The molecule has 0 radical (unpaired) electrons. The molecule has 0 fully saturated rings. The zero-order valence-electron chi connectivity index (χ0n) is 12.6. The van der Waals surface area contributed by atoms with Gasteiger partial charge in [0.2, 0.25) is 0 Å². The molecule has 0 amide bonds. The maximum absolute atomic E-state index is 11.0. The molecule has 0 rings (SSSR count). The summed E-state index contributed by atoms with van der Waals surface area (Å²) in [4.78, 5) is 0. The molecule has 0 aromatic heterocycles. The standard InChI is InChI=1S/C7H12.C4H9F.2C2H6/c1-4-6-7(3)5-2;1-2-3-4-5;2*1-2/h4,6H,1,5H2,2-3H3;2-4H2,1H3;2*1-2H3/b7-6-;;;. The molecule has 0 aromatic rings. The summed E-state index contributed by atoms with van der Waals surface area (Å²) in [5.41, 5.74) is 1.38. The fourth-order valence-corrected chi connectivity index (χ4v) is 0.453. The highest BCUT2D eigenvalue weighted by atomic mass is 19.1. The second-order valence-corrected chi connectivity index (χ2v) is 2.64. The van der Waals surface area contributed by atoms with Crippen molar-refractivity contribution in [1.82, 2.24) is 0 Å². The average molecular weight is 232 g/mol. The SMILES string of the molecule is C=C/C=C(/C)CC.CC.CC.CCCCF. The van der Waals surface area contributed by atoms with Crippen LogP contribution in [0, 0.1) is 0 Å². The highest BCUT2D eigenvalue weighted by Crippen LogP contribution is 1.95. The van der Waals surface area contributed by atoms with Crippen LogP contribution in [0.25, 0.3) is 0 Å². The van der Waals surface area contributed by atoms with Crippen molar-refractivity contribution in [2.45, 2.75) is 67.7 Å². The van der Waals surface area contributed by atoms with Gasteiger partial charge in [0.15, 0.2) is 0 Å². The molecule has 0 N–H and O–H groups in total. The number of unbranched alkanes of at least 4 members (excludes halogenated alkanes) is 1. The molecular formula is C15H33F. The lowest BCUT2D eigenvalue weighted by atomic mass is 10.2. The van der Waals surface area contributed by atoms with Crippen LogP contribution in [0.15, 0.2) is 24.3 Å². The fourth-order valence-electron chi connectivity index (χ4n) is 0.453. The monoisotopic (exact) mass is 232 g/mol. The van der Waals surface area contributed by atoms with E-state index < -0.39 is 0 Å². The predicted molar refractivity (Wildman–Crippen MR) is 77.8 cm³/mol. The number of alkyl halides is 1. The summed E-state index contributed by atoms with van der Waals surface area (Å²) in [6.45, 7) is 17.6. The lowest BCUT2D eigenvalue weighted by Gasteiger charge is -1.86. The molecule has 100 valence electrons. The second kappa shape index (κ2) is 36.6. The molecule has 0 aromatic carbocycles. The molecule has 1 heteroatoms. The Morgan fingerprint density at radius 1 is 1.12 bits per heavy atom. The van der Waals surface area contributed by atoms with E-state index in [1.165, 1.54) is 5.57 Å². The van der Waals surface area contributed by atoms with Crippen LogP contribution >= 0.6 is 0 Å². The van der Waals surface area contributed by atoms with Crippen molar-refractivity contribution in [2.24, 2.45) is 0 Å². The summed E-state index contributed by atoms with van der Waals surface area (Å²) in [5, 5.41) is 0. The first kappa shape index (κ1) is 24.6. The van der Waals surface area contributed by atoms with E-state index in [0.29, 0.717) is 0 Å². The molecule has 0 unspecified atom stereocenters. The second-order valence-electron chi connectivity index (χ2n) is 2.64. The zero-order chi connectivity index (χ0) is 13.8. The maximum Gasteiger partial charge on any atom is 0.0894 e. The number of hydrogen-bond donors (Lipinski definition) is 0. The number of rotatable bonds is 4. The number of halogens is 1. The van der Waals surface area contributed by atoms with Gasteiger partial charge in [0.05, 0.1) is 6.67 Å². The molecule has 0 saturated heterocycles. The maximum atomic E-state index is 11.0. The Balaban J connectivity index is -0.0000000704. The normalized spacial score (nSPS) is 8.38. The lowest BCUT2D eigenvalue weighted by Crippen LogP contribution is -1.67. The minimum Gasteiger partial charge on any atom is -0.251 e. The van der Waals surface area contributed by atoms with Gasteiger partial charge in [-0.15, -0.1) is 0 Å². The minimum atomic E-state index is -0.156. The van der Waals surface area contributed by atoms with Crippen molar-refractivity contribution in [3.63, 3.8) is 0 Å². The molecule has 16 heavy (non-hydrogen) atoms. The van der Waals surface area contributed by atoms with Crippen LogP contribution in [0.4, 0.5) is 4.39 Å². The van der Waals surface area contributed by atoms with Gasteiger partial charge in [-0.2, -0.15) is 0 Å². The Hall–Kier alpha value is -0.590. The highest BCUT2D eigenvalue weighted by Gasteiger charge is 1.74. The largest absolute Gasteiger partial charge is 0.251 e. The minimum absolute atomic E-state index is 0.156. The Bertz CT molecular complexity index is 113. The van der Waals surface area contributed by atoms with Crippen molar-refractivity contribution in [3.8, 4) is 0 Å². The fraction of sp³-hybridized carbons (Fsp3) is 0.733. The highest BCUT2D eigenvalue weighted by molar-refractivity contribution is 5.06. The van der Waals surface area contributed by atoms with E-state index >= 15 is 0 Å². The summed E-state index contributed by atoms with van der Waals surface area (Å²) in [5.74, 6) is 0. The van der Waals surface area contributed by atoms with Crippen molar-refractivity contribution < 1.29 is 4.39 Å². The molecule has 0 aliphatic rings. The van der Waals surface area contributed by atoms with Crippen LogP contribution < -0.4 is 0 Å². The van der Waals surface area contributed by atoms with Gasteiger partial charge in [-0.1, -0.05) is 72.3 Å². The van der Waals surface area contributed by atoms with Crippen molar-refractivity contribution in [2.75, 3.05) is 6.67 Å². The van der Waals surface area contributed by atoms with Crippen LogP contribution in [0.2, 0.25) is 0 Å². The number of allylic oxidation sites excluding steroid dienone is 3. The Labute approximate surface area is 104 Å². The van der Waals surface area contributed by atoms with Crippen molar-refractivity contribution in [1.29, 1.82) is 0 Å². The Kier molecular flexibility index (Phi) is 56.3. The van der Waals surface area contributed by atoms with Gasteiger partial charge in [-0.05, 0) is 19.8 Å². The first-order valence-corrected chi connectivity index (χ1v) is 6.57. The summed E-state index contributed by atoms with van der Waals surface area (Å²) in [6, 6.07) is 0. The first-order valence-electron chi connectivity index (χ1n) is 6.57. The van der Waals surface area contributed by atoms with Gasteiger partial charge in [-0.25, -0.2) is 0 Å². The van der Waals surface area contributed by atoms with Crippen LogP contribution in [0.1, 0.15) is 67.7 Å². The molecule has 0 bridgehead atoms. The molecule has 0 spiro atoms. The summed E-state index contributed by atoms with van der Waals surface area (Å²) < 4.78 is 11.0. The van der Waals surface area contributed by atoms with E-state index in [1.54, 1.807) is 0 Å². The van der Waals surface area contributed by atoms with E-state index in [4.69, 9.17) is 0 Å². The van der Waals surface area contributed by atoms with E-state index in [0.717, 1.165) is 19.3 Å². The van der Waals surface area contributed by atoms with E-state index in [-0.39, 0.29) is 6.67 Å². The van der Waals surface area contributed by atoms with Crippen LogP contribution in [-0.2, 0) is 0 Å². The van der Waals surface area contributed by atoms with Crippen molar-refractivity contribution in [3.05, 3.63) is 24.3 Å². The van der Waals surface area contributed by atoms with E-state index in [1.807, 2.05) is 46.8 Å². The average Bonchev–Trinajstić information content (AvgIpc) is 2.36. The Morgan fingerprint density at radius 3 is 1.62 bits per heavy atom. The third-order valence-corrected chi connectivity index (χ3v) is 1.45. The molecule has 0 heterocycles. The van der Waals surface area contributed by atoms with Gasteiger partial charge in [0, 0.05) is 0 Å². The Morgan fingerprint density at radius 2 is 1.56 bits per heavy atom.